The molecule has 9 nitrogen and oxygen atoms in total. The molecule has 2 heterocycles. The summed E-state index contributed by atoms with van der Waals surface area (Å²) in [7, 11) is 0. The summed E-state index contributed by atoms with van der Waals surface area (Å²) in [6, 6.07) is -0.993. The number of aliphatic hydroxyl groups excluding tert-OH is 4. The van der Waals surface area contributed by atoms with Crippen molar-refractivity contribution in [2.24, 2.45) is 0 Å². The van der Waals surface area contributed by atoms with Crippen LogP contribution in [0.1, 0.15) is 25.2 Å². The first-order valence-electron chi connectivity index (χ1n) is 8.03. The van der Waals surface area contributed by atoms with E-state index in [0.29, 0.717) is 18.8 Å². The molecule has 1 fully saturated rings. The Morgan fingerprint density at radius 1 is 1.13 bits per heavy atom. The summed E-state index contributed by atoms with van der Waals surface area (Å²) in [6.07, 6.45) is -2.01. The Hall–Kier alpha value is -1.10. The van der Waals surface area contributed by atoms with E-state index in [9.17, 15) is 20.4 Å². The lowest BCUT2D eigenvalue weighted by Gasteiger charge is -2.21. The molecular weight excluding hydrogens is 302 g/mol. The van der Waals surface area contributed by atoms with E-state index in [1.54, 1.807) is 4.68 Å². The quantitative estimate of drug-likeness (QED) is 0.359. The largest absolute Gasteiger partial charge is 0.395 e. The number of nitrogens with zero attached hydrogens (tertiary/aromatic N) is 4. The molecule has 9 heteroatoms. The van der Waals surface area contributed by atoms with Crippen LogP contribution in [-0.2, 0) is 19.7 Å². The van der Waals surface area contributed by atoms with Crippen LogP contribution >= 0.6 is 0 Å². The molecule has 0 unspecified atom stereocenters. The van der Waals surface area contributed by atoms with E-state index in [2.05, 4.69) is 34.4 Å². The molecule has 0 saturated carbocycles. The topological polar surface area (TPSA) is 127 Å². The Labute approximate surface area is 135 Å². The maximum atomic E-state index is 10.1. The lowest BCUT2D eigenvalue weighted by Crippen LogP contribution is -2.39. The number of hydrogen-bond donors (Lipinski definition) is 5. The lowest BCUT2D eigenvalue weighted by atomic mass is 10.1. The van der Waals surface area contributed by atoms with E-state index in [0.717, 1.165) is 18.8 Å². The van der Waals surface area contributed by atoms with Gasteiger partial charge < -0.3 is 25.7 Å². The smallest absolute Gasteiger partial charge is 0.113 e. The number of rotatable bonds is 8. The van der Waals surface area contributed by atoms with Crippen molar-refractivity contribution in [3.63, 3.8) is 0 Å². The van der Waals surface area contributed by atoms with E-state index in [-0.39, 0.29) is 13.2 Å². The summed E-state index contributed by atoms with van der Waals surface area (Å²) >= 11 is 0. The highest BCUT2D eigenvalue weighted by Gasteiger charge is 2.41. The zero-order chi connectivity index (χ0) is 17.0. The van der Waals surface area contributed by atoms with Gasteiger partial charge in [-0.15, -0.1) is 5.10 Å². The van der Waals surface area contributed by atoms with Gasteiger partial charge in [-0.3, -0.25) is 4.90 Å². The SMILES string of the molecule is CCN(CC)Cc1c(CO)nnn1C[C@H]1N[C@H](CO)[C@@H](O)[C@@H]1O. The summed E-state index contributed by atoms with van der Waals surface area (Å²) in [6.45, 7) is 6.30. The van der Waals surface area contributed by atoms with Crippen LogP contribution in [0.4, 0.5) is 0 Å². The van der Waals surface area contributed by atoms with Gasteiger partial charge in [0.05, 0.1) is 49.7 Å². The standard InChI is InChI=1S/C14H27N5O4/c1-3-18(4-2)6-12-10(7-20)16-17-19(12)5-9-13(22)14(23)11(8-21)15-9/h9,11,13-15,20-23H,3-8H2,1-2H3/t9-,11-,13-,14-/m1/s1. The van der Waals surface area contributed by atoms with Crippen LogP contribution in [-0.4, -0.2) is 84.3 Å². The number of hydrogen-bond acceptors (Lipinski definition) is 8. The van der Waals surface area contributed by atoms with E-state index in [1.165, 1.54) is 0 Å². The third kappa shape index (κ3) is 3.87. The molecular formula is C14H27N5O4. The second kappa shape index (κ2) is 8.13. The van der Waals surface area contributed by atoms with Gasteiger partial charge in [0.15, 0.2) is 0 Å². The maximum Gasteiger partial charge on any atom is 0.113 e. The molecule has 1 aliphatic heterocycles. The molecule has 4 atom stereocenters. The molecule has 132 valence electrons. The van der Waals surface area contributed by atoms with Crippen molar-refractivity contribution in [1.82, 2.24) is 25.2 Å². The fourth-order valence-electron chi connectivity index (χ4n) is 2.93. The van der Waals surface area contributed by atoms with Crippen LogP contribution < -0.4 is 5.32 Å². The number of aliphatic hydroxyl groups is 4. The van der Waals surface area contributed by atoms with Gasteiger partial charge in [-0.25, -0.2) is 4.68 Å². The predicted octanol–water partition coefficient (Wildman–Crippen LogP) is -2.33. The maximum absolute atomic E-state index is 10.1. The van der Waals surface area contributed by atoms with Gasteiger partial charge in [-0.05, 0) is 13.1 Å². The molecule has 0 spiro atoms. The van der Waals surface area contributed by atoms with Crippen molar-refractivity contribution in [3.05, 3.63) is 11.4 Å². The number of aromatic nitrogens is 3. The van der Waals surface area contributed by atoms with Gasteiger partial charge >= 0.3 is 0 Å². The highest BCUT2D eigenvalue weighted by atomic mass is 16.3. The predicted molar refractivity (Wildman–Crippen MR) is 82.4 cm³/mol. The average Bonchev–Trinajstić information content (AvgIpc) is 3.07. The molecule has 0 radical (unpaired) electrons. The van der Waals surface area contributed by atoms with Gasteiger partial charge in [0.2, 0.25) is 0 Å². The normalized spacial score (nSPS) is 28.0. The van der Waals surface area contributed by atoms with E-state index >= 15 is 0 Å². The molecule has 1 aromatic rings. The fraction of sp³-hybridized carbons (Fsp3) is 0.857. The summed E-state index contributed by atoms with van der Waals surface area (Å²) in [5.74, 6) is 0. The van der Waals surface area contributed by atoms with Crippen molar-refractivity contribution in [2.75, 3.05) is 19.7 Å². The Morgan fingerprint density at radius 3 is 2.30 bits per heavy atom. The minimum absolute atomic E-state index is 0.195. The molecule has 5 N–H and O–H groups in total. The monoisotopic (exact) mass is 329 g/mol. The first kappa shape index (κ1) is 18.2. The lowest BCUT2D eigenvalue weighted by molar-refractivity contribution is 0.0174. The first-order valence-corrected chi connectivity index (χ1v) is 8.03. The minimum Gasteiger partial charge on any atom is -0.395 e. The van der Waals surface area contributed by atoms with Crippen LogP contribution in [0, 0.1) is 0 Å². The van der Waals surface area contributed by atoms with Crippen molar-refractivity contribution in [2.45, 2.75) is 57.8 Å². The average molecular weight is 329 g/mol. The molecule has 0 aliphatic carbocycles. The Morgan fingerprint density at radius 2 is 1.78 bits per heavy atom. The summed E-state index contributed by atoms with van der Waals surface area (Å²) in [5.41, 5.74) is 1.32. The molecule has 0 bridgehead atoms. The van der Waals surface area contributed by atoms with Gasteiger partial charge in [-0.1, -0.05) is 19.1 Å². The zero-order valence-electron chi connectivity index (χ0n) is 13.6. The van der Waals surface area contributed by atoms with Crippen molar-refractivity contribution in [1.29, 1.82) is 0 Å². The van der Waals surface area contributed by atoms with Crippen LogP contribution in [0.5, 0.6) is 0 Å². The highest BCUT2D eigenvalue weighted by molar-refractivity contribution is 5.10. The van der Waals surface area contributed by atoms with Gasteiger partial charge in [0, 0.05) is 6.54 Å². The molecule has 2 rings (SSSR count). The second-order valence-electron chi connectivity index (χ2n) is 5.83. The van der Waals surface area contributed by atoms with E-state index < -0.39 is 24.3 Å². The molecule has 1 saturated heterocycles. The third-order valence-corrected chi connectivity index (χ3v) is 4.50. The third-order valence-electron chi connectivity index (χ3n) is 4.50. The van der Waals surface area contributed by atoms with Crippen molar-refractivity contribution < 1.29 is 20.4 Å². The fourth-order valence-corrected chi connectivity index (χ4v) is 2.93. The van der Waals surface area contributed by atoms with Crippen LogP contribution in [0.2, 0.25) is 0 Å². The molecule has 23 heavy (non-hydrogen) atoms. The Balaban J connectivity index is 2.15. The molecule has 1 aliphatic rings. The summed E-state index contributed by atoms with van der Waals surface area (Å²) < 4.78 is 1.65. The van der Waals surface area contributed by atoms with Gasteiger partial charge in [-0.2, -0.15) is 0 Å². The Bertz CT molecular complexity index is 494. The Kier molecular flexibility index (Phi) is 6.45. The van der Waals surface area contributed by atoms with Crippen molar-refractivity contribution >= 4 is 0 Å². The molecule has 0 amide bonds. The first-order chi connectivity index (χ1) is 11.0. The molecule has 0 aromatic carbocycles. The second-order valence-corrected chi connectivity index (χ2v) is 5.83. The van der Waals surface area contributed by atoms with Crippen molar-refractivity contribution in [3.8, 4) is 0 Å². The van der Waals surface area contributed by atoms with Gasteiger partial charge in [0.1, 0.15) is 5.69 Å². The van der Waals surface area contributed by atoms with E-state index in [1.807, 2.05) is 0 Å². The molecule has 1 aromatic heterocycles. The zero-order valence-corrected chi connectivity index (χ0v) is 13.6. The number of nitrogens with one attached hydrogen (secondary N) is 1. The summed E-state index contributed by atoms with van der Waals surface area (Å²) in [4.78, 5) is 2.18. The highest BCUT2D eigenvalue weighted by Crippen LogP contribution is 2.18. The van der Waals surface area contributed by atoms with Gasteiger partial charge in [0.25, 0.3) is 0 Å². The van der Waals surface area contributed by atoms with Crippen LogP contribution in [0.15, 0.2) is 0 Å². The van der Waals surface area contributed by atoms with Crippen LogP contribution in [0.25, 0.3) is 0 Å². The minimum atomic E-state index is -1.02. The van der Waals surface area contributed by atoms with Crippen LogP contribution in [0.3, 0.4) is 0 Å². The van der Waals surface area contributed by atoms with E-state index in [4.69, 9.17) is 0 Å². The summed E-state index contributed by atoms with van der Waals surface area (Å²) in [5, 5.41) is 49.7.